The molecule has 0 aromatic carbocycles. The number of carbonyl (C=O) groups excluding carboxylic acids is 1. The highest BCUT2D eigenvalue weighted by molar-refractivity contribution is 5.92. The van der Waals surface area contributed by atoms with Crippen LogP contribution < -0.4 is 10.6 Å². The summed E-state index contributed by atoms with van der Waals surface area (Å²) < 4.78 is 3.84. The SMILES string of the molecule is Cc1cc(C)n([C@@H](C)CNC(=O)c2cc3n(n2)CCNC3)n1. The summed E-state index contributed by atoms with van der Waals surface area (Å²) in [5, 5.41) is 15.0. The topological polar surface area (TPSA) is 76.8 Å². The second-order valence-electron chi connectivity index (χ2n) is 5.85. The van der Waals surface area contributed by atoms with Crippen LogP contribution in [0.4, 0.5) is 0 Å². The third kappa shape index (κ3) is 2.89. The van der Waals surface area contributed by atoms with E-state index in [9.17, 15) is 4.79 Å². The molecule has 2 N–H and O–H groups in total. The van der Waals surface area contributed by atoms with Gasteiger partial charge in [0.2, 0.25) is 0 Å². The van der Waals surface area contributed by atoms with Crippen LogP contribution in [0.2, 0.25) is 0 Å². The summed E-state index contributed by atoms with van der Waals surface area (Å²) in [4.78, 5) is 12.3. The maximum atomic E-state index is 12.3. The van der Waals surface area contributed by atoms with Crippen molar-refractivity contribution in [2.24, 2.45) is 0 Å². The molecule has 0 spiro atoms. The molecule has 3 rings (SSSR count). The van der Waals surface area contributed by atoms with Gasteiger partial charge in [0.15, 0.2) is 0 Å². The molecule has 7 heteroatoms. The lowest BCUT2D eigenvalue weighted by Gasteiger charge is -2.14. The van der Waals surface area contributed by atoms with E-state index in [1.807, 2.05) is 42.3 Å². The summed E-state index contributed by atoms with van der Waals surface area (Å²) in [5.41, 5.74) is 3.63. The number of hydrogen-bond donors (Lipinski definition) is 2. The minimum atomic E-state index is -0.129. The average molecular weight is 302 g/mol. The fourth-order valence-corrected chi connectivity index (χ4v) is 2.81. The van der Waals surface area contributed by atoms with Crippen molar-refractivity contribution in [3.05, 3.63) is 34.9 Å². The van der Waals surface area contributed by atoms with Gasteiger partial charge in [-0.3, -0.25) is 14.2 Å². The molecular formula is C15H22N6O. The molecule has 0 saturated carbocycles. The van der Waals surface area contributed by atoms with Crippen LogP contribution >= 0.6 is 0 Å². The fraction of sp³-hybridized carbons (Fsp3) is 0.533. The van der Waals surface area contributed by atoms with Crippen LogP contribution in [0.15, 0.2) is 12.1 Å². The molecule has 0 radical (unpaired) electrons. The molecule has 1 amide bonds. The highest BCUT2D eigenvalue weighted by Crippen LogP contribution is 2.11. The zero-order chi connectivity index (χ0) is 15.7. The van der Waals surface area contributed by atoms with E-state index in [-0.39, 0.29) is 11.9 Å². The van der Waals surface area contributed by atoms with Crippen LogP contribution in [0.5, 0.6) is 0 Å². The molecule has 1 aliphatic rings. The predicted molar refractivity (Wildman–Crippen MR) is 82.7 cm³/mol. The smallest absolute Gasteiger partial charge is 0.271 e. The Hall–Kier alpha value is -2.15. The highest BCUT2D eigenvalue weighted by atomic mass is 16.1. The Balaban J connectivity index is 1.62. The molecule has 1 aliphatic heterocycles. The van der Waals surface area contributed by atoms with Gasteiger partial charge in [-0.2, -0.15) is 10.2 Å². The Morgan fingerprint density at radius 3 is 2.91 bits per heavy atom. The number of hydrogen-bond acceptors (Lipinski definition) is 4. The maximum absolute atomic E-state index is 12.3. The van der Waals surface area contributed by atoms with E-state index in [1.54, 1.807) is 0 Å². The van der Waals surface area contributed by atoms with Gasteiger partial charge in [0.05, 0.1) is 24.0 Å². The van der Waals surface area contributed by atoms with E-state index in [0.717, 1.165) is 36.7 Å². The number of rotatable bonds is 4. The largest absolute Gasteiger partial charge is 0.349 e. The quantitative estimate of drug-likeness (QED) is 0.875. The summed E-state index contributed by atoms with van der Waals surface area (Å²) in [7, 11) is 0. The van der Waals surface area contributed by atoms with Gasteiger partial charge in [0.1, 0.15) is 5.69 Å². The Labute approximate surface area is 129 Å². The highest BCUT2D eigenvalue weighted by Gasteiger charge is 2.17. The Bertz CT molecular complexity index is 663. The minimum absolute atomic E-state index is 0.108. The zero-order valence-corrected chi connectivity index (χ0v) is 13.3. The van der Waals surface area contributed by atoms with Crippen molar-refractivity contribution in [2.45, 2.75) is 39.9 Å². The first-order valence-corrected chi connectivity index (χ1v) is 7.63. The molecular weight excluding hydrogens is 280 g/mol. The lowest BCUT2D eigenvalue weighted by Crippen LogP contribution is -2.31. The molecule has 118 valence electrons. The van der Waals surface area contributed by atoms with Crippen molar-refractivity contribution in [3.63, 3.8) is 0 Å². The standard InChI is InChI=1S/C15H22N6O/c1-10-6-11(2)21(18-10)12(3)8-17-15(22)14-7-13-9-16-4-5-20(13)19-14/h6-7,12,16H,4-5,8-9H2,1-3H3,(H,17,22)/t12-/m0/s1. The molecule has 2 aromatic rings. The molecule has 0 fully saturated rings. The summed E-state index contributed by atoms with van der Waals surface area (Å²) in [6.45, 7) is 9.04. The van der Waals surface area contributed by atoms with Gasteiger partial charge >= 0.3 is 0 Å². The van der Waals surface area contributed by atoms with E-state index in [2.05, 4.69) is 20.8 Å². The molecule has 0 aliphatic carbocycles. The second kappa shape index (κ2) is 5.92. The summed E-state index contributed by atoms with van der Waals surface area (Å²) >= 11 is 0. The Morgan fingerprint density at radius 1 is 1.41 bits per heavy atom. The number of nitrogens with one attached hydrogen (secondary N) is 2. The van der Waals surface area contributed by atoms with Crippen LogP contribution in [-0.2, 0) is 13.1 Å². The van der Waals surface area contributed by atoms with Crippen molar-refractivity contribution in [2.75, 3.05) is 13.1 Å². The van der Waals surface area contributed by atoms with E-state index in [1.165, 1.54) is 0 Å². The van der Waals surface area contributed by atoms with Crippen LogP contribution in [0.3, 0.4) is 0 Å². The third-order valence-electron chi connectivity index (χ3n) is 3.92. The molecule has 1 atom stereocenters. The number of nitrogens with zero attached hydrogens (tertiary/aromatic N) is 4. The normalized spacial score (nSPS) is 15.4. The van der Waals surface area contributed by atoms with Gasteiger partial charge < -0.3 is 10.6 Å². The number of fused-ring (bicyclic) bond motifs is 1. The molecule has 3 heterocycles. The van der Waals surface area contributed by atoms with Crippen molar-refractivity contribution in [1.82, 2.24) is 30.2 Å². The van der Waals surface area contributed by atoms with Gasteiger partial charge in [-0.1, -0.05) is 0 Å². The molecule has 2 aromatic heterocycles. The van der Waals surface area contributed by atoms with Crippen molar-refractivity contribution in [1.29, 1.82) is 0 Å². The van der Waals surface area contributed by atoms with Crippen LogP contribution in [-0.4, -0.2) is 38.6 Å². The van der Waals surface area contributed by atoms with E-state index in [4.69, 9.17) is 0 Å². The van der Waals surface area contributed by atoms with Crippen LogP contribution in [0, 0.1) is 13.8 Å². The van der Waals surface area contributed by atoms with E-state index in [0.29, 0.717) is 12.2 Å². The molecule has 0 unspecified atom stereocenters. The van der Waals surface area contributed by atoms with E-state index >= 15 is 0 Å². The van der Waals surface area contributed by atoms with Crippen molar-refractivity contribution < 1.29 is 4.79 Å². The van der Waals surface area contributed by atoms with Crippen LogP contribution in [0.25, 0.3) is 0 Å². The molecule has 7 nitrogen and oxygen atoms in total. The first-order chi connectivity index (χ1) is 10.5. The Morgan fingerprint density at radius 2 is 2.23 bits per heavy atom. The lowest BCUT2D eigenvalue weighted by molar-refractivity contribution is 0.0942. The van der Waals surface area contributed by atoms with Gasteiger partial charge in [0.25, 0.3) is 5.91 Å². The number of aryl methyl sites for hydroxylation is 2. The first kappa shape index (κ1) is 14.8. The Kier molecular flexibility index (Phi) is 3.98. The number of carbonyl (C=O) groups is 1. The summed E-state index contributed by atoms with van der Waals surface area (Å²) in [6, 6.07) is 4.00. The van der Waals surface area contributed by atoms with Gasteiger partial charge in [-0.15, -0.1) is 0 Å². The van der Waals surface area contributed by atoms with E-state index < -0.39 is 0 Å². The van der Waals surface area contributed by atoms with Crippen molar-refractivity contribution in [3.8, 4) is 0 Å². The average Bonchev–Trinajstić information content (AvgIpc) is 3.07. The first-order valence-electron chi connectivity index (χ1n) is 7.63. The van der Waals surface area contributed by atoms with Crippen molar-refractivity contribution >= 4 is 5.91 Å². The molecule has 0 bridgehead atoms. The predicted octanol–water partition coefficient (Wildman–Crippen LogP) is 0.791. The zero-order valence-electron chi connectivity index (χ0n) is 13.3. The van der Waals surface area contributed by atoms with Gasteiger partial charge in [-0.05, 0) is 32.9 Å². The van der Waals surface area contributed by atoms with Gasteiger partial charge in [0, 0.05) is 25.3 Å². The maximum Gasteiger partial charge on any atom is 0.271 e. The minimum Gasteiger partial charge on any atom is -0.349 e. The molecule has 22 heavy (non-hydrogen) atoms. The molecule has 0 saturated heterocycles. The van der Waals surface area contributed by atoms with Gasteiger partial charge in [-0.25, -0.2) is 0 Å². The summed E-state index contributed by atoms with van der Waals surface area (Å²) in [5.74, 6) is -0.129. The van der Waals surface area contributed by atoms with Crippen LogP contribution in [0.1, 0.15) is 40.5 Å². The summed E-state index contributed by atoms with van der Waals surface area (Å²) in [6.07, 6.45) is 0. The number of aromatic nitrogens is 4. The lowest BCUT2D eigenvalue weighted by atomic mass is 10.3. The fourth-order valence-electron chi connectivity index (χ4n) is 2.81. The third-order valence-corrected chi connectivity index (χ3v) is 3.92. The number of amides is 1. The second-order valence-corrected chi connectivity index (χ2v) is 5.85. The monoisotopic (exact) mass is 302 g/mol.